The molecular weight excluding hydrogens is 338 g/mol. The second-order valence-corrected chi connectivity index (χ2v) is 6.32. The molecule has 0 saturated carbocycles. The molecule has 0 spiro atoms. The van der Waals surface area contributed by atoms with E-state index in [0.717, 1.165) is 44.2 Å². The minimum atomic E-state index is -0.574. The van der Waals surface area contributed by atoms with Crippen LogP contribution in [0.1, 0.15) is 23.6 Å². The van der Waals surface area contributed by atoms with Crippen LogP contribution in [0, 0.1) is 11.6 Å². The maximum absolute atomic E-state index is 14.6. The average molecular weight is 362 g/mol. The summed E-state index contributed by atoms with van der Waals surface area (Å²) in [7, 11) is 3.15. The minimum Gasteiger partial charge on any atom is -0.493 e. The standard InChI is InChI=1S/C20H24F2N2O2/c1-25-18-7-4-14(12-19(18)26-2)20(24-10-3-8-23-9-11-24)16-6-5-15(21)13-17(16)22/h4-7,12-13,20,23H,3,8-11H2,1-2H3. The van der Waals surface area contributed by atoms with E-state index < -0.39 is 11.6 Å². The number of nitrogens with zero attached hydrogens (tertiary/aromatic N) is 1. The van der Waals surface area contributed by atoms with Crippen LogP contribution in [0.4, 0.5) is 8.78 Å². The Bertz CT molecular complexity index is 747. The Hall–Kier alpha value is -2.18. The summed E-state index contributed by atoms with van der Waals surface area (Å²) in [6.45, 7) is 3.35. The lowest BCUT2D eigenvalue weighted by molar-refractivity contribution is 0.236. The van der Waals surface area contributed by atoms with Gasteiger partial charge in [-0.25, -0.2) is 8.78 Å². The van der Waals surface area contributed by atoms with E-state index in [4.69, 9.17) is 9.47 Å². The highest BCUT2D eigenvalue weighted by molar-refractivity contribution is 5.46. The number of halogens is 2. The molecule has 0 bridgehead atoms. The topological polar surface area (TPSA) is 33.7 Å². The number of ether oxygens (including phenoxy) is 2. The molecule has 1 unspecified atom stereocenters. The van der Waals surface area contributed by atoms with Crippen molar-refractivity contribution in [2.45, 2.75) is 12.5 Å². The third-order valence-electron chi connectivity index (χ3n) is 4.72. The van der Waals surface area contributed by atoms with Gasteiger partial charge in [0, 0.05) is 31.3 Å². The zero-order valence-corrected chi connectivity index (χ0v) is 15.1. The lowest BCUT2D eigenvalue weighted by atomic mass is 9.95. The highest BCUT2D eigenvalue weighted by Crippen LogP contribution is 2.36. The molecule has 0 radical (unpaired) electrons. The van der Waals surface area contributed by atoms with Gasteiger partial charge in [0.15, 0.2) is 11.5 Å². The van der Waals surface area contributed by atoms with Crippen LogP contribution in [-0.2, 0) is 0 Å². The SMILES string of the molecule is COc1ccc(C(c2ccc(F)cc2F)N2CCCNCC2)cc1OC. The van der Waals surface area contributed by atoms with Gasteiger partial charge in [0.25, 0.3) is 0 Å². The van der Waals surface area contributed by atoms with Crippen molar-refractivity contribution in [3.63, 3.8) is 0 Å². The normalized spacial score (nSPS) is 16.8. The molecule has 1 aliphatic heterocycles. The summed E-state index contributed by atoms with van der Waals surface area (Å²) < 4.78 is 38.8. The lowest BCUT2D eigenvalue weighted by Gasteiger charge is -2.32. The number of hydrogen-bond acceptors (Lipinski definition) is 4. The predicted molar refractivity (Wildman–Crippen MR) is 96.8 cm³/mol. The fourth-order valence-corrected chi connectivity index (χ4v) is 3.46. The molecule has 0 amide bonds. The van der Waals surface area contributed by atoms with Crippen molar-refractivity contribution in [3.05, 3.63) is 59.2 Å². The fraction of sp³-hybridized carbons (Fsp3) is 0.400. The number of hydrogen-bond donors (Lipinski definition) is 1. The van der Waals surface area contributed by atoms with Gasteiger partial charge in [-0.05, 0) is 36.7 Å². The second-order valence-electron chi connectivity index (χ2n) is 6.32. The first kappa shape index (κ1) is 18.6. The van der Waals surface area contributed by atoms with Gasteiger partial charge in [-0.15, -0.1) is 0 Å². The molecule has 1 N–H and O–H groups in total. The Balaban J connectivity index is 2.07. The van der Waals surface area contributed by atoms with Crippen LogP contribution in [0.3, 0.4) is 0 Å². The zero-order valence-electron chi connectivity index (χ0n) is 15.1. The van der Waals surface area contributed by atoms with Gasteiger partial charge in [-0.3, -0.25) is 4.90 Å². The van der Waals surface area contributed by atoms with Crippen molar-refractivity contribution < 1.29 is 18.3 Å². The first-order chi connectivity index (χ1) is 12.6. The molecule has 140 valence electrons. The van der Waals surface area contributed by atoms with Crippen LogP contribution in [0.5, 0.6) is 11.5 Å². The van der Waals surface area contributed by atoms with Crippen LogP contribution in [0.15, 0.2) is 36.4 Å². The van der Waals surface area contributed by atoms with Crippen molar-refractivity contribution in [2.24, 2.45) is 0 Å². The molecule has 26 heavy (non-hydrogen) atoms. The minimum absolute atomic E-state index is 0.324. The van der Waals surface area contributed by atoms with E-state index in [0.29, 0.717) is 17.1 Å². The van der Waals surface area contributed by atoms with Gasteiger partial charge in [0.1, 0.15) is 11.6 Å². The van der Waals surface area contributed by atoms with E-state index in [2.05, 4.69) is 10.2 Å². The van der Waals surface area contributed by atoms with Crippen LogP contribution in [-0.4, -0.2) is 45.3 Å². The van der Waals surface area contributed by atoms with Crippen molar-refractivity contribution >= 4 is 0 Å². The quantitative estimate of drug-likeness (QED) is 0.884. The molecule has 0 aromatic heterocycles. The molecular formula is C20H24F2N2O2. The first-order valence-corrected chi connectivity index (χ1v) is 8.75. The Morgan fingerprint density at radius 3 is 2.50 bits per heavy atom. The van der Waals surface area contributed by atoms with E-state index in [1.54, 1.807) is 14.2 Å². The van der Waals surface area contributed by atoms with Crippen molar-refractivity contribution in [1.29, 1.82) is 0 Å². The highest BCUT2D eigenvalue weighted by Gasteiger charge is 2.27. The summed E-state index contributed by atoms with van der Waals surface area (Å²) in [6.07, 6.45) is 0.965. The molecule has 3 rings (SSSR count). The van der Waals surface area contributed by atoms with Gasteiger partial charge >= 0.3 is 0 Å². The molecule has 2 aromatic rings. The van der Waals surface area contributed by atoms with Gasteiger partial charge < -0.3 is 14.8 Å². The van der Waals surface area contributed by atoms with Gasteiger partial charge in [-0.1, -0.05) is 12.1 Å². The van der Waals surface area contributed by atoms with E-state index in [-0.39, 0.29) is 6.04 Å². The summed E-state index contributed by atoms with van der Waals surface area (Å²) >= 11 is 0. The largest absolute Gasteiger partial charge is 0.493 e. The van der Waals surface area contributed by atoms with Crippen LogP contribution in [0.25, 0.3) is 0 Å². The summed E-state index contributed by atoms with van der Waals surface area (Å²) in [5.41, 5.74) is 1.34. The maximum Gasteiger partial charge on any atom is 0.161 e. The van der Waals surface area contributed by atoms with E-state index in [1.165, 1.54) is 12.1 Å². The molecule has 1 aliphatic rings. The maximum atomic E-state index is 14.6. The lowest BCUT2D eigenvalue weighted by Crippen LogP contribution is -2.33. The Kier molecular flexibility index (Phi) is 6.06. The highest BCUT2D eigenvalue weighted by atomic mass is 19.1. The smallest absolute Gasteiger partial charge is 0.161 e. The molecule has 1 atom stereocenters. The summed E-state index contributed by atoms with van der Waals surface area (Å²) in [5, 5.41) is 3.36. The summed E-state index contributed by atoms with van der Waals surface area (Å²) in [4.78, 5) is 2.22. The predicted octanol–water partition coefficient (Wildman–Crippen LogP) is 3.37. The Labute approximate surface area is 152 Å². The van der Waals surface area contributed by atoms with Crippen LogP contribution < -0.4 is 14.8 Å². The molecule has 1 saturated heterocycles. The first-order valence-electron chi connectivity index (χ1n) is 8.75. The van der Waals surface area contributed by atoms with Gasteiger partial charge in [0.05, 0.1) is 20.3 Å². The summed E-state index contributed by atoms with van der Waals surface area (Å²) in [6, 6.07) is 9.05. The molecule has 6 heteroatoms. The van der Waals surface area contributed by atoms with Crippen LogP contribution in [0.2, 0.25) is 0 Å². The zero-order chi connectivity index (χ0) is 18.5. The van der Waals surface area contributed by atoms with Gasteiger partial charge in [-0.2, -0.15) is 0 Å². The molecule has 2 aromatic carbocycles. The van der Waals surface area contributed by atoms with Crippen molar-refractivity contribution in [2.75, 3.05) is 40.4 Å². The number of rotatable bonds is 5. The average Bonchev–Trinajstić information content (AvgIpc) is 2.93. The Morgan fingerprint density at radius 2 is 1.77 bits per heavy atom. The van der Waals surface area contributed by atoms with Crippen LogP contribution >= 0.6 is 0 Å². The third kappa shape index (κ3) is 3.97. The molecule has 4 nitrogen and oxygen atoms in total. The second kappa shape index (κ2) is 8.47. The van der Waals surface area contributed by atoms with Gasteiger partial charge in [0.2, 0.25) is 0 Å². The fourth-order valence-electron chi connectivity index (χ4n) is 3.46. The number of methoxy groups -OCH3 is 2. The van der Waals surface area contributed by atoms with Crippen molar-refractivity contribution in [3.8, 4) is 11.5 Å². The molecule has 1 heterocycles. The van der Waals surface area contributed by atoms with E-state index >= 15 is 0 Å². The molecule has 0 aliphatic carbocycles. The number of nitrogens with one attached hydrogen (secondary N) is 1. The number of benzene rings is 2. The monoisotopic (exact) mass is 362 g/mol. The van der Waals surface area contributed by atoms with Crippen molar-refractivity contribution in [1.82, 2.24) is 10.2 Å². The summed E-state index contributed by atoms with van der Waals surface area (Å²) in [5.74, 6) is 0.0920. The van der Waals surface area contributed by atoms with E-state index in [9.17, 15) is 8.78 Å². The Morgan fingerprint density at radius 1 is 0.962 bits per heavy atom. The molecule has 1 fully saturated rings. The third-order valence-corrected chi connectivity index (χ3v) is 4.72. The van der Waals surface area contributed by atoms with E-state index in [1.807, 2.05) is 18.2 Å².